The Hall–Kier alpha value is -0.120. The molecule has 1 aliphatic rings. The Labute approximate surface area is 80.8 Å². The van der Waals surface area contributed by atoms with E-state index in [0.717, 1.165) is 32.9 Å². The van der Waals surface area contributed by atoms with E-state index < -0.39 is 0 Å². The van der Waals surface area contributed by atoms with Gasteiger partial charge in [-0.15, -0.1) is 0 Å². The van der Waals surface area contributed by atoms with Crippen molar-refractivity contribution in [1.82, 2.24) is 5.32 Å². The Kier molecular flexibility index (Phi) is 6.15. The first-order valence-corrected chi connectivity index (χ1v) is 5.33. The molecule has 0 aromatic heterocycles. The molecule has 1 aliphatic heterocycles. The predicted octanol–water partition coefficient (Wildman–Crippen LogP) is 1.18. The number of nitrogens with one attached hydrogen (secondary N) is 1. The molecule has 1 N–H and O–H groups in total. The highest BCUT2D eigenvalue weighted by Crippen LogP contribution is 2.11. The quantitative estimate of drug-likeness (QED) is 0.633. The van der Waals surface area contributed by atoms with Crippen molar-refractivity contribution in [2.24, 2.45) is 0 Å². The van der Waals surface area contributed by atoms with Crippen molar-refractivity contribution < 1.29 is 9.47 Å². The van der Waals surface area contributed by atoms with Crippen LogP contribution in [0.5, 0.6) is 0 Å². The number of hydrogen-bond acceptors (Lipinski definition) is 3. The Morgan fingerprint density at radius 2 is 2.38 bits per heavy atom. The smallest absolute Gasteiger partial charge is 0.0699 e. The molecule has 0 radical (unpaired) electrons. The van der Waals surface area contributed by atoms with Gasteiger partial charge in [-0.3, -0.25) is 0 Å². The van der Waals surface area contributed by atoms with E-state index in [1.165, 1.54) is 19.3 Å². The molecule has 1 atom stereocenters. The van der Waals surface area contributed by atoms with Gasteiger partial charge in [-0.05, 0) is 26.2 Å². The fourth-order valence-corrected chi connectivity index (χ4v) is 1.52. The molecule has 1 rings (SSSR count). The van der Waals surface area contributed by atoms with Crippen LogP contribution in [0.4, 0.5) is 0 Å². The molecule has 0 aliphatic carbocycles. The van der Waals surface area contributed by atoms with Crippen LogP contribution in [-0.2, 0) is 9.47 Å². The summed E-state index contributed by atoms with van der Waals surface area (Å²) in [5, 5.41) is 3.34. The topological polar surface area (TPSA) is 30.5 Å². The van der Waals surface area contributed by atoms with Crippen molar-refractivity contribution in [2.45, 2.75) is 32.3 Å². The molecule has 3 heteroatoms. The fraction of sp³-hybridized carbons (Fsp3) is 1.00. The molecule has 3 nitrogen and oxygen atoms in total. The van der Waals surface area contributed by atoms with Crippen molar-refractivity contribution in [3.63, 3.8) is 0 Å². The maximum absolute atomic E-state index is 5.58. The molecule has 1 fully saturated rings. The van der Waals surface area contributed by atoms with Crippen LogP contribution in [0.2, 0.25) is 0 Å². The maximum Gasteiger partial charge on any atom is 0.0699 e. The Morgan fingerprint density at radius 3 is 3.08 bits per heavy atom. The Balaban J connectivity index is 1.86. The second-order valence-corrected chi connectivity index (χ2v) is 3.39. The summed E-state index contributed by atoms with van der Waals surface area (Å²) in [7, 11) is 0. The van der Waals surface area contributed by atoms with E-state index in [1.54, 1.807) is 0 Å². The molecule has 0 aromatic rings. The molecular weight excluding hydrogens is 166 g/mol. The molecule has 0 aromatic carbocycles. The van der Waals surface area contributed by atoms with E-state index >= 15 is 0 Å². The summed E-state index contributed by atoms with van der Waals surface area (Å²) in [6.45, 7) is 6.49. The molecule has 0 saturated carbocycles. The van der Waals surface area contributed by atoms with Crippen LogP contribution in [0.1, 0.15) is 26.2 Å². The SMILES string of the molecule is CCOCCNCC1CCCCO1. The maximum atomic E-state index is 5.58. The van der Waals surface area contributed by atoms with Gasteiger partial charge in [0.25, 0.3) is 0 Å². The van der Waals surface area contributed by atoms with Gasteiger partial charge in [0, 0.05) is 26.3 Å². The van der Waals surface area contributed by atoms with Gasteiger partial charge in [0.2, 0.25) is 0 Å². The second kappa shape index (κ2) is 7.30. The lowest BCUT2D eigenvalue weighted by atomic mass is 10.1. The first kappa shape index (κ1) is 11.0. The summed E-state index contributed by atoms with van der Waals surface area (Å²) in [5.41, 5.74) is 0. The lowest BCUT2D eigenvalue weighted by Crippen LogP contribution is -2.33. The molecule has 0 bridgehead atoms. The molecule has 13 heavy (non-hydrogen) atoms. The molecule has 1 saturated heterocycles. The van der Waals surface area contributed by atoms with Gasteiger partial charge in [-0.25, -0.2) is 0 Å². The molecule has 1 unspecified atom stereocenters. The third kappa shape index (κ3) is 5.24. The number of hydrogen-bond donors (Lipinski definition) is 1. The number of ether oxygens (including phenoxy) is 2. The van der Waals surface area contributed by atoms with E-state index in [9.17, 15) is 0 Å². The van der Waals surface area contributed by atoms with Crippen molar-refractivity contribution in [3.8, 4) is 0 Å². The summed E-state index contributed by atoms with van der Waals surface area (Å²) in [6.07, 6.45) is 4.20. The van der Waals surface area contributed by atoms with Crippen molar-refractivity contribution >= 4 is 0 Å². The van der Waals surface area contributed by atoms with Gasteiger partial charge in [0.05, 0.1) is 12.7 Å². The van der Waals surface area contributed by atoms with Crippen LogP contribution in [0.25, 0.3) is 0 Å². The van der Waals surface area contributed by atoms with Crippen LogP contribution in [0.15, 0.2) is 0 Å². The van der Waals surface area contributed by atoms with Crippen molar-refractivity contribution in [1.29, 1.82) is 0 Å². The van der Waals surface area contributed by atoms with Gasteiger partial charge in [-0.2, -0.15) is 0 Å². The van der Waals surface area contributed by atoms with Crippen LogP contribution >= 0.6 is 0 Å². The lowest BCUT2D eigenvalue weighted by Gasteiger charge is -2.22. The van der Waals surface area contributed by atoms with E-state index in [0.29, 0.717) is 6.10 Å². The summed E-state index contributed by atoms with van der Waals surface area (Å²) in [4.78, 5) is 0. The zero-order valence-electron chi connectivity index (χ0n) is 8.55. The highest BCUT2D eigenvalue weighted by molar-refractivity contribution is 4.65. The predicted molar refractivity (Wildman–Crippen MR) is 53.0 cm³/mol. The Morgan fingerprint density at radius 1 is 1.46 bits per heavy atom. The molecular formula is C10H21NO2. The standard InChI is InChI=1S/C10H21NO2/c1-2-12-8-6-11-9-10-5-3-4-7-13-10/h10-11H,2-9H2,1H3. The minimum atomic E-state index is 0.440. The minimum absolute atomic E-state index is 0.440. The highest BCUT2D eigenvalue weighted by atomic mass is 16.5. The average Bonchev–Trinajstić information content (AvgIpc) is 2.19. The van der Waals surface area contributed by atoms with Gasteiger partial charge < -0.3 is 14.8 Å². The minimum Gasteiger partial charge on any atom is -0.380 e. The van der Waals surface area contributed by atoms with Crippen LogP contribution in [0.3, 0.4) is 0 Å². The average molecular weight is 187 g/mol. The molecule has 78 valence electrons. The largest absolute Gasteiger partial charge is 0.380 e. The molecule has 0 amide bonds. The van der Waals surface area contributed by atoms with E-state index in [1.807, 2.05) is 6.92 Å². The van der Waals surface area contributed by atoms with Gasteiger partial charge >= 0.3 is 0 Å². The summed E-state index contributed by atoms with van der Waals surface area (Å²) < 4.78 is 10.8. The third-order valence-corrected chi connectivity index (χ3v) is 2.27. The zero-order chi connectivity index (χ0) is 9.36. The Bertz CT molecular complexity index is 113. The summed E-state index contributed by atoms with van der Waals surface area (Å²) in [6, 6.07) is 0. The summed E-state index contributed by atoms with van der Waals surface area (Å²) >= 11 is 0. The van der Waals surface area contributed by atoms with E-state index in [4.69, 9.17) is 9.47 Å². The van der Waals surface area contributed by atoms with Gasteiger partial charge in [0.15, 0.2) is 0 Å². The zero-order valence-corrected chi connectivity index (χ0v) is 8.55. The number of rotatable bonds is 6. The van der Waals surface area contributed by atoms with Gasteiger partial charge in [-0.1, -0.05) is 0 Å². The van der Waals surface area contributed by atoms with Crippen LogP contribution in [-0.4, -0.2) is 39.0 Å². The van der Waals surface area contributed by atoms with Crippen molar-refractivity contribution in [2.75, 3.05) is 32.9 Å². The van der Waals surface area contributed by atoms with Crippen LogP contribution in [0, 0.1) is 0 Å². The normalized spacial score (nSPS) is 23.3. The van der Waals surface area contributed by atoms with Crippen LogP contribution < -0.4 is 5.32 Å². The first-order valence-electron chi connectivity index (χ1n) is 5.33. The monoisotopic (exact) mass is 187 g/mol. The van der Waals surface area contributed by atoms with E-state index in [2.05, 4.69) is 5.32 Å². The molecule has 1 heterocycles. The van der Waals surface area contributed by atoms with E-state index in [-0.39, 0.29) is 0 Å². The van der Waals surface area contributed by atoms with Gasteiger partial charge in [0.1, 0.15) is 0 Å². The lowest BCUT2D eigenvalue weighted by molar-refractivity contribution is 0.0159. The second-order valence-electron chi connectivity index (χ2n) is 3.39. The van der Waals surface area contributed by atoms with Crippen molar-refractivity contribution in [3.05, 3.63) is 0 Å². The fourth-order valence-electron chi connectivity index (χ4n) is 1.52. The first-order chi connectivity index (χ1) is 6.43. The summed E-state index contributed by atoms with van der Waals surface area (Å²) in [5.74, 6) is 0. The molecule has 0 spiro atoms. The highest BCUT2D eigenvalue weighted by Gasteiger charge is 2.12. The third-order valence-electron chi connectivity index (χ3n) is 2.27.